The van der Waals surface area contributed by atoms with Crippen molar-refractivity contribution in [2.45, 2.75) is 6.42 Å². The molecule has 2 N–H and O–H groups in total. The van der Waals surface area contributed by atoms with Crippen LogP contribution in [0.25, 0.3) is 0 Å². The van der Waals surface area contributed by atoms with Crippen LogP contribution in [0.3, 0.4) is 0 Å². The molecule has 0 aliphatic carbocycles. The molecule has 0 aromatic heterocycles. The molecule has 1 aromatic rings. The molecule has 1 heterocycles. The zero-order valence-electron chi connectivity index (χ0n) is 9.84. The summed E-state index contributed by atoms with van der Waals surface area (Å²) in [6.45, 7) is 0.220. The van der Waals surface area contributed by atoms with Gasteiger partial charge in [0.2, 0.25) is 15.9 Å². The van der Waals surface area contributed by atoms with Crippen molar-refractivity contribution in [2.24, 2.45) is 11.1 Å². The topological polar surface area (TPSA) is 80.5 Å². The Morgan fingerprint density at radius 3 is 2.79 bits per heavy atom. The quantitative estimate of drug-likeness (QED) is 0.890. The number of carbonyl (C=O) groups excluding carboxylic acids is 1. The van der Waals surface area contributed by atoms with Gasteiger partial charge in [0, 0.05) is 23.4 Å². The van der Waals surface area contributed by atoms with Crippen molar-refractivity contribution in [3.8, 4) is 0 Å². The fraction of sp³-hybridized carbons (Fsp3) is 0.364. The van der Waals surface area contributed by atoms with Gasteiger partial charge in [-0.2, -0.15) is 0 Å². The Morgan fingerprint density at radius 2 is 2.16 bits per heavy atom. The van der Waals surface area contributed by atoms with E-state index in [4.69, 9.17) is 5.14 Å². The Hall–Kier alpha value is -0.990. The molecule has 1 aliphatic heterocycles. The van der Waals surface area contributed by atoms with Crippen LogP contribution in [0.4, 0.5) is 10.1 Å². The number of primary sulfonamides is 1. The largest absolute Gasteiger partial charge is 0.311 e. The van der Waals surface area contributed by atoms with E-state index in [1.165, 1.54) is 23.1 Å². The number of rotatable bonds is 3. The van der Waals surface area contributed by atoms with E-state index in [9.17, 15) is 17.6 Å². The number of amides is 1. The Morgan fingerprint density at radius 1 is 1.47 bits per heavy atom. The molecule has 5 nitrogen and oxygen atoms in total. The molecule has 1 saturated heterocycles. The summed E-state index contributed by atoms with van der Waals surface area (Å²) in [7, 11) is -3.62. The van der Waals surface area contributed by atoms with Crippen LogP contribution >= 0.6 is 15.9 Å². The first-order chi connectivity index (χ1) is 8.76. The normalized spacial score (nSPS) is 20.1. The number of sulfonamides is 1. The molecule has 0 radical (unpaired) electrons. The highest BCUT2D eigenvalue weighted by Crippen LogP contribution is 2.32. The van der Waals surface area contributed by atoms with Crippen LogP contribution < -0.4 is 10.0 Å². The molecule has 19 heavy (non-hydrogen) atoms. The Kier molecular flexibility index (Phi) is 3.93. The van der Waals surface area contributed by atoms with Gasteiger partial charge in [-0.3, -0.25) is 4.79 Å². The number of anilines is 1. The summed E-state index contributed by atoms with van der Waals surface area (Å²) in [5.74, 6) is -1.30. The van der Waals surface area contributed by atoms with Gasteiger partial charge in [0.25, 0.3) is 0 Å². The van der Waals surface area contributed by atoms with Crippen LogP contribution in [0.5, 0.6) is 0 Å². The lowest BCUT2D eigenvalue weighted by Gasteiger charge is -2.18. The Balaban J connectivity index is 2.23. The summed E-state index contributed by atoms with van der Waals surface area (Å²) in [4.78, 5) is 13.3. The second-order valence-corrected chi connectivity index (χ2v) is 7.01. The highest BCUT2D eigenvalue weighted by atomic mass is 79.9. The number of nitrogens with two attached hydrogens (primary N) is 1. The van der Waals surface area contributed by atoms with E-state index >= 15 is 0 Å². The van der Waals surface area contributed by atoms with Crippen molar-refractivity contribution in [3.05, 3.63) is 28.5 Å². The predicted molar refractivity (Wildman–Crippen MR) is 72.5 cm³/mol. The third kappa shape index (κ3) is 3.52. The third-order valence-electron chi connectivity index (χ3n) is 2.87. The van der Waals surface area contributed by atoms with Gasteiger partial charge in [0.1, 0.15) is 5.82 Å². The lowest BCUT2D eigenvalue weighted by atomic mass is 10.1. The molecule has 1 aromatic carbocycles. The zero-order chi connectivity index (χ0) is 14.2. The molecule has 1 fully saturated rings. The molecule has 8 heteroatoms. The molecular weight excluding hydrogens is 339 g/mol. The van der Waals surface area contributed by atoms with E-state index < -0.39 is 15.8 Å². The summed E-state index contributed by atoms with van der Waals surface area (Å²) >= 11 is 3.25. The van der Waals surface area contributed by atoms with Crippen LogP contribution in [-0.2, 0) is 14.8 Å². The maximum Gasteiger partial charge on any atom is 0.227 e. The maximum absolute atomic E-state index is 13.2. The number of carbonyl (C=O) groups is 1. The fourth-order valence-electron chi connectivity index (χ4n) is 2.15. The van der Waals surface area contributed by atoms with E-state index in [0.29, 0.717) is 10.2 Å². The van der Waals surface area contributed by atoms with Gasteiger partial charge < -0.3 is 4.90 Å². The van der Waals surface area contributed by atoms with Crippen LogP contribution in [0, 0.1) is 11.7 Å². The minimum atomic E-state index is -3.62. The molecular formula is C11H12BrFN2O3S. The van der Waals surface area contributed by atoms with Gasteiger partial charge in [0.15, 0.2) is 0 Å². The van der Waals surface area contributed by atoms with Gasteiger partial charge in [0.05, 0.1) is 11.4 Å². The lowest BCUT2D eigenvalue weighted by Crippen LogP contribution is -2.27. The van der Waals surface area contributed by atoms with Crippen molar-refractivity contribution in [2.75, 3.05) is 17.2 Å². The Bertz CT molecular complexity index is 620. The van der Waals surface area contributed by atoms with Gasteiger partial charge >= 0.3 is 0 Å². The molecule has 0 spiro atoms. The average molecular weight is 351 g/mol. The number of nitrogens with zero attached hydrogens (tertiary/aromatic N) is 1. The van der Waals surface area contributed by atoms with E-state index in [2.05, 4.69) is 15.9 Å². The van der Waals surface area contributed by atoms with Crippen LogP contribution in [0.1, 0.15) is 6.42 Å². The minimum Gasteiger partial charge on any atom is -0.311 e. The fourth-order valence-corrected chi connectivity index (χ4v) is 3.49. The van der Waals surface area contributed by atoms with Crippen molar-refractivity contribution in [3.63, 3.8) is 0 Å². The summed E-state index contributed by atoms with van der Waals surface area (Å²) < 4.78 is 35.9. The second kappa shape index (κ2) is 5.18. The summed E-state index contributed by atoms with van der Waals surface area (Å²) in [6.07, 6.45) is 0.0966. The van der Waals surface area contributed by atoms with Crippen molar-refractivity contribution in [1.29, 1.82) is 0 Å². The van der Waals surface area contributed by atoms with Crippen molar-refractivity contribution in [1.82, 2.24) is 0 Å². The van der Waals surface area contributed by atoms with Crippen LogP contribution in [-0.4, -0.2) is 26.6 Å². The average Bonchev–Trinajstić information content (AvgIpc) is 2.60. The summed E-state index contributed by atoms with van der Waals surface area (Å²) in [6, 6.07) is 4.02. The van der Waals surface area contributed by atoms with Crippen molar-refractivity contribution < 1.29 is 17.6 Å². The Labute approximate surface area is 118 Å². The second-order valence-electron chi connectivity index (χ2n) is 4.50. The SMILES string of the molecule is NS(=O)(=O)CC1CC(=O)N(c2cc(F)ccc2Br)C1. The molecule has 104 valence electrons. The number of halogens is 2. The third-order valence-corrected chi connectivity index (χ3v) is 4.48. The standard InChI is InChI=1S/C11H12BrFN2O3S/c12-9-2-1-8(13)4-10(9)15-5-7(3-11(15)16)6-19(14,17)18/h1-2,4,7H,3,5-6H2,(H2,14,17,18). The zero-order valence-corrected chi connectivity index (χ0v) is 12.2. The summed E-state index contributed by atoms with van der Waals surface area (Å²) in [5.41, 5.74) is 0.405. The maximum atomic E-state index is 13.2. The molecule has 0 saturated carbocycles. The van der Waals surface area contributed by atoms with Crippen molar-refractivity contribution >= 4 is 37.5 Å². The smallest absolute Gasteiger partial charge is 0.227 e. The molecule has 2 rings (SSSR count). The molecule has 0 bridgehead atoms. The summed E-state index contributed by atoms with van der Waals surface area (Å²) in [5, 5.41) is 4.97. The van der Waals surface area contributed by atoms with E-state index in [1.807, 2.05) is 0 Å². The first-order valence-electron chi connectivity index (χ1n) is 5.52. The van der Waals surface area contributed by atoms with Gasteiger partial charge in [-0.15, -0.1) is 0 Å². The van der Waals surface area contributed by atoms with Crippen LogP contribution in [0.2, 0.25) is 0 Å². The van der Waals surface area contributed by atoms with E-state index in [0.717, 1.165) is 0 Å². The van der Waals surface area contributed by atoms with Gasteiger partial charge in [-0.1, -0.05) is 0 Å². The predicted octanol–water partition coefficient (Wildman–Crippen LogP) is 1.23. The van der Waals surface area contributed by atoms with Gasteiger partial charge in [-0.05, 0) is 34.1 Å². The van der Waals surface area contributed by atoms with E-state index in [-0.39, 0.29) is 30.5 Å². The highest BCUT2D eigenvalue weighted by Gasteiger charge is 2.33. The highest BCUT2D eigenvalue weighted by molar-refractivity contribution is 9.10. The monoisotopic (exact) mass is 350 g/mol. The first-order valence-corrected chi connectivity index (χ1v) is 8.03. The number of hydrogen-bond donors (Lipinski definition) is 1. The lowest BCUT2D eigenvalue weighted by molar-refractivity contribution is -0.117. The number of benzene rings is 1. The first kappa shape index (κ1) is 14.4. The van der Waals surface area contributed by atoms with E-state index in [1.54, 1.807) is 0 Å². The molecule has 1 atom stereocenters. The van der Waals surface area contributed by atoms with Gasteiger partial charge in [-0.25, -0.2) is 17.9 Å². The number of hydrogen-bond acceptors (Lipinski definition) is 3. The van der Waals surface area contributed by atoms with Crippen LogP contribution in [0.15, 0.2) is 22.7 Å². The molecule has 1 amide bonds. The minimum absolute atomic E-state index is 0.0966. The molecule has 1 unspecified atom stereocenters. The molecule has 1 aliphatic rings.